The molecule has 0 saturated heterocycles. The lowest BCUT2D eigenvalue weighted by Crippen LogP contribution is -2.29. The molecule has 0 aromatic heterocycles. The second-order valence-electron chi connectivity index (χ2n) is 5.16. The third-order valence-corrected chi connectivity index (χ3v) is 3.37. The predicted octanol–water partition coefficient (Wildman–Crippen LogP) is 3.90. The number of hydrogen-bond acceptors (Lipinski definition) is 3. The summed E-state index contributed by atoms with van der Waals surface area (Å²) < 4.78 is 36.7. The zero-order chi connectivity index (χ0) is 19.2. The largest absolute Gasteiger partial charge is 0.471 e. The first kappa shape index (κ1) is 19.4. The van der Waals surface area contributed by atoms with Crippen LogP contribution in [0.4, 0.5) is 24.5 Å². The van der Waals surface area contributed by atoms with E-state index in [-0.39, 0.29) is 5.69 Å². The molecule has 0 aliphatic rings. The number of hydrazone groups is 1. The number of nitrogens with zero attached hydrogens (tertiary/aromatic N) is 1. The fraction of sp³-hybridized carbons (Fsp3) is 0.118. The summed E-state index contributed by atoms with van der Waals surface area (Å²) in [7, 11) is 0. The quantitative estimate of drug-likeness (QED) is 0.428. The highest BCUT2D eigenvalue weighted by Crippen LogP contribution is 2.18. The van der Waals surface area contributed by atoms with Crippen molar-refractivity contribution in [3.63, 3.8) is 0 Å². The Morgan fingerprint density at radius 3 is 2.12 bits per heavy atom. The average Bonchev–Trinajstić information content (AvgIpc) is 2.60. The fourth-order valence-corrected chi connectivity index (χ4v) is 2.04. The number of anilines is 2. The Hall–Kier alpha value is -2.94. The van der Waals surface area contributed by atoms with E-state index in [4.69, 9.17) is 12.2 Å². The Labute approximate surface area is 153 Å². The molecule has 0 fully saturated rings. The Morgan fingerprint density at radius 1 is 0.962 bits per heavy atom. The smallest absolute Gasteiger partial charge is 0.331 e. The number of rotatable bonds is 4. The minimum atomic E-state index is -4.93. The number of alkyl halides is 3. The Morgan fingerprint density at radius 2 is 1.54 bits per heavy atom. The van der Waals surface area contributed by atoms with Gasteiger partial charge in [0.2, 0.25) is 0 Å². The molecule has 0 spiro atoms. The number of benzene rings is 2. The number of hydrogen-bond donors (Lipinski definition) is 3. The topological polar surface area (TPSA) is 65.5 Å². The van der Waals surface area contributed by atoms with Crippen molar-refractivity contribution in [3.8, 4) is 0 Å². The van der Waals surface area contributed by atoms with Gasteiger partial charge < -0.3 is 10.6 Å². The van der Waals surface area contributed by atoms with Gasteiger partial charge in [0.15, 0.2) is 5.11 Å². The van der Waals surface area contributed by atoms with Gasteiger partial charge in [0.1, 0.15) is 0 Å². The lowest BCUT2D eigenvalue weighted by atomic mass is 10.1. The number of halogens is 3. The number of thiocarbonyl (C=S) groups is 1. The average molecular weight is 380 g/mol. The summed E-state index contributed by atoms with van der Waals surface area (Å²) in [4.78, 5) is 10.9. The summed E-state index contributed by atoms with van der Waals surface area (Å²) in [5, 5.41) is 9.14. The van der Waals surface area contributed by atoms with E-state index in [9.17, 15) is 18.0 Å². The van der Waals surface area contributed by atoms with Gasteiger partial charge in [-0.25, -0.2) is 0 Å². The summed E-state index contributed by atoms with van der Waals surface area (Å²) in [5.41, 5.74) is 4.76. The fourth-order valence-electron chi connectivity index (χ4n) is 1.88. The van der Waals surface area contributed by atoms with Gasteiger partial charge in [0, 0.05) is 11.4 Å². The second kappa shape index (κ2) is 8.43. The van der Waals surface area contributed by atoms with Crippen LogP contribution in [-0.4, -0.2) is 22.9 Å². The SMILES string of the molecule is CC(=NNC(=S)Nc1ccccc1)c1ccc(NC(=O)C(F)(F)F)cc1. The van der Waals surface area contributed by atoms with Crippen LogP contribution in [0.5, 0.6) is 0 Å². The molecule has 26 heavy (non-hydrogen) atoms. The third kappa shape index (κ3) is 5.85. The molecule has 0 aliphatic heterocycles. The van der Waals surface area contributed by atoms with E-state index in [1.54, 1.807) is 24.4 Å². The van der Waals surface area contributed by atoms with Crippen LogP contribution in [0, 0.1) is 0 Å². The molecule has 0 bridgehead atoms. The van der Waals surface area contributed by atoms with Crippen molar-refractivity contribution in [2.45, 2.75) is 13.1 Å². The second-order valence-corrected chi connectivity index (χ2v) is 5.57. The molecule has 0 saturated carbocycles. The third-order valence-electron chi connectivity index (χ3n) is 3.17. The molecular formula is C17H15F3N4OS. The zero-order valence-corrected chi connectivity index (χ0v) is 14.4. The minimum absolute atomic E-state index is 0.0399. The van der Waals surface area contributed by atoms with Crippen LogP contribution in [0.1, 0.15) is 12.5 Å². The lowest BCUT2D eigenvalue weighted by Gasteiger charge is -2.09. The summed E-state index contributed by atoms with van der Waals surface area (Å²) in [6.07, 6.45) is -4.93. The first-order valence-corrected chi connectivity index (χ1v) is 7.81. The van der Waals surface area contributed by atoms with Gasteiger partial charge in [-0.15, -0.1) is 0 Å². The van der Waals surface area contributed by atoms with E-state index in [1.165, 1.54) is 12.1 Å². The molecule has 136 valence electrons. The van der Waals surface area contributed by atoms with Gasteiger partial charge in [-0.1, -0.05) is 30.3 Å². The Bertz CT molecular complexity index is 805. The maximum absolute atomic E-state index is 12.2. The van der Waals surface area contributed by atoms with E-state index in [0.717, 1.165) is 5.69 Å². The minimum Gasteiger partial charge on any atom is -0.331 e. The predicted molar refractivity (Wildman–Crippen MR) is 99.1 cm³/mol. The van der Waals surface area contributed by atoms with Crippen LogP contribution in [0.2, 0.25) is 0 Å². The van der Waals surface area contributed by atoms with Crippen LogP contribution >= 0.6 is 12.2 Å². The van der Waals surface area contributed by atoms with Crippen LogP contribution < -0.4 is 16.1 Å². The monoisotopic (exact) mass is 380 g/mol. The van der Waals surface area contributed by atoms with Crippen molar-refractivity contribution in [1.82, 2.24) is 5.43 Å². The van der Waals surface area contributed by atoms with Crippen molar-refractivity contribution in [3.05, 3.63) is 60.2 Å². The summed E-state index contributed by atoms with van der Waals surface area (Å²) in [5.74, 6) is -2.02. The van der Waals surface area contributed by atoms with Crippen molar-refractivity contribution in [2.75, 3.05) is 10.6 Å². The molecule has 1 amide bonds. The Balaban J connectivity index is 1.94. The zero-order valence-electron chi connectivity index (χ0n) is 13.6. The van der Waals surface area contributed by atoms with Gasteiger partial charge >= 0.3 is 12.1 Å². The number of amides is 1. The number of carbonyl (C=O) groups is 1. The first-order valence-electron chi connectivity index (χ1n) is 7.40. The van der Waals surface area contributed by atoms with Crippen LogP contribution in [0.25, 0.3) is 0 Å². The van der Waals surface area contributed by atoms with Crippen molar-refractivity contribution < 1.29 is 18.0 Å². The lowest BCUT2D eigenvalue weighted by molar-refractivity contribution is -0.167. The molecule has 0 atom stereocenters. The molecular weight excluding hydrogens is 365 g/mol. The van der Waals surface area contributed by atoms with Crippen molar-refractivity contribution >= 4 is 40.3 Å². The summed E-state index contributed by atoms with van der Waals surface area (Å²) >= 11 is 5.12. The van der Waals surface area contributed by atoms with E-state index in [2.05, 4.69) is 15.8 Å². The number of para-hydroxylation sites is 1. The van der Waals surface area contributed by atoms with E-state index < -0.39 is 12.1 Å². The molecule has 0 radical (unpaired) electrons. The van der Waals surface area contributed by atoms with Gasteiger partial charge in [-0.05, 0) is 49.0 Å². The van der Waals surface area contributed by atoms with Gasteiger partial charge in [0.05, 0.1) is 5.71 Å². The van der Waals surface area contributed by atoms with Crippen LogP contribution in [0.3, 0.4) is 0 Å². The molecule has 2 aromatic rings. The standard InChI is InChI=1S/C17H15F3N4OS/c1-11(23-24-16(26)22-13-5-3-2-4-6-13)12-7-9-14(10-8-12)21-15(25)17(18,19)20/h2-10H,1H3,(H,21,25)(H2,22,24,26). The Kier molecular flexibility index (Phi) is 6.29. The highest BCUT2D eigenvalue weighted by atomic mass is 32.1. The van der Waals surface area contributed by atoms with Crippen molar-refractivity contribution in [1.29, 1.82) is 0 Å². The summed E-state index contributed by atoms with van der Waals surface area (Å²) in [6, 6.07) is 15.1. The summed E-state index contributed by atoms with van der Waals surface area (Å²) in [6.45, 7) is 1.71. The molecule has 2 rings (SSSR count). The van der Waals surface area contributed by atoms with E-state index in [1.807, 2.05) is 30.3 Å². The van der Waals surface area contributed by atoms with Gasteiger partial charge in [-0.2, -0.15) is 18.3 Å². The number of nitrogens with one attached hydrogen (secondary N) is 3. The highest BCUT2D eigenvalue weighted by Gasteiger charge is 2.38. The molecule has 0 unspecified atom stereocenters. The maximum atomic E-state index is 12.2. The normalized spacial score (nSPS) is 11.6. The van der Waals surface area contributed by atoms with Crippen LogP contribution in [-0.2, 0) is 4.79 Å². The van der Waals surface area contributed by atoms with E-state index >= 15 is 0 Å². The molecule has 5 nitrogen and oxygen atoms in total. The highest BCUT2D eigenvalue weighted by molar-refractivity contribution is 7.80. The van der Waals surface area contributed by atoms with Gasteiger partial charge in [-0.3, -0.25) is 10.2 Å². The maximum Gasteiger partial charge on any atom is 0.471 e. The molecule has 3 N–H and O–H groups in total. The van der Waals surface area contributed by atoms with Crippen LogP contribution in [0.15, 0.2) is 59.7 Å². The van der Waals surface area contributed by atoms with Gasteiger partial charge in [0.25, 0.3) is 0 Å². The van der Waals surface area contributed by atoms with Crippen molar-refractivity contribution in [2.24, 2.45) is 5.10 Å². The molecule has 9 heteroatoms. The number of carbonyl (C=O) groups excluding carboxylic acids is 1. The molecule has 2 aromatic carbocycles. The van der Waals surface area contributed by atoms with E-state index in [0.29, 0.717) is 16.4 Å². The molecule has 0 heterocycles. The first-order chi connectivity index (χ1) is 12.3. The molecule has 0 aliphatic carbocycles.